The van der Waals surface area contributed by atoms with Crippen molar-refractivity contribution in [2.75, 3.05) is 10.6 Å². The first kappa shape index (κ1) is 18.1. The Balaban J connectivity index is 1.73. The van der Waals surface area contributed by atoms with Crippen molar-refractivity contribution in [3.05, 3.63) is 58.4 Å². The van der Waals surface area contributed by atoms with Gasteiger partial charge in [-0.2, -0.15) is 0 Å². The SMILES string of the molecule is CC(=O)N[C@]1(C)C(=O)Nc2cc(F)cc(C(=O)Nc3ccc4c(c3)CNC4)c21. The van der Waals surface area contributed by atoms with E-state index in [1.165, 1.54) is 13.8 Å². The summed E-state index contributed by atoms with van der Waals surface area (Å²) in [6.07, 6.45) is 0. The molecule has 8 heteroatoms. The molecule has 0 unspecified atom stereocenters. The molecule has 1 atom stereocenters. The molecule has 0 radical (unpaired) electrons. The van der Waals surface area contributed by atoms with Crippen molar-refractivity contribution in [1.82, 2.24) is 10.6 Å². The van der Waals surface area contributed by atoms with Crippen LogP contribution < -0.4 is 21.3 Å². The van der Waals surface area contributed by atoms with Crippen LogP contribution in [0, 0.1) is 5.82 Å². The fourth-order valence-corrected chi connectivity index (χ4v) is 3.83. The molecule has 2 aliphatic heterocycles. The van der Waals surface area contributed by atoms with E-state index in [0.717, 1.165) is 29.8 Å². The van der Waals surface area contributed by atoms with E-state index in [-0.39, 0.29) is 16.8 Å². The highest BCUT2D eigenvalue weighted by Gasteiger charge is 2.46. The van der Waals surface area contributed by atoms with Gasteiger partial charge in [0.25, 0.3) is 11.8 Å². The quantitative estimate of drug-likeness (QED) is 0.652. The Kier molecular flexibility index (Phi) is 4.15. The van der Waals surface area contributed by atoms with E-state index >= 15 is 0 Å². The van der Waals surface area contributed by atoms with Crippen LogP contribution >= 0.6 is 0 Å². The number of anilines is 2. The standard InChI is InChI=1S/C20H19FN4O3/c1-10(26)25-20(2)17-15(6-13(21)7-16(17)24-19(20)28)18(27)23-14-4-3-11-8-22-9-12(11)5-14/h3-7,22H,8-9H2,1-2H3,(H,23,27)(H,24,28)(H,25,26)/t20-/m0/s1. The van der Waals surface area contributed by atoms with Crippen molar-refractivity contribution in [1.29, 1.82) is 0 Å². The minimum absolute atomic E-state index is 0.0109. The summed E-state index contributed by atoms with van der Waals surface area (Å²) in [5.41, 5.74) is 1.76. The number of benzene rings is 2. The van der Waals surface area contributed by atoms with E-state index in [1.54, 1.807) is 6.07 Å². The zero-order valence-electron chi connectivity index (χ0n) is 15.4. The predicted molar refractivity (Wildman–Crippen MR) is 101 cm³/mol. The third-order valence-electron chi connectivity index (χ3n) is 5.07. The number of hydrogen-bond donors (Lipinski definition) is 4. The Labute approximate surface area is 160 Å². The van der Waals surface area contributed by atoms with Crippen molar-refractivity contribution in [2.45, 2.75) is 32.5 Å². The molecule has 0 aliphatic carbocycles. The lowest BCUT2D eigenvalue weighted by Crippen LogP contribution is -2.48. The molecule has 28 heavy (non-hydrogen) atoms. The minimum atomic E-state index is -1.47. The molecule has 0 fully saturated rings. The van der Waals surface area contributed by atoms with Gasteiger partial charge in [-0.1, -0.05) is 6.07 Å². The van der Waals surface area contributed by atoms with Gasteiger partial charge in [0, 0.05) is 31.3 Å². The molecular weight excluding hydrogens is 363 g/mol. The Morgan fingerprint density at radius 2 is 1.89 bits per heavy atom. The molecule has 0 saturated carbocycles. The van der Waals surface area contributed by atoms with Crippen molar-refractivity contribution >= 4 is 29.1 Å². The van der Waals surface area contributed by atoms with E-state index in [4.69, 9.17) is 0 Å². The predicted octanol–water partition coefficient (Wildman–Crippen LogP) is 1.98. The summed E-state index contributed by atoms with van der Waals surface area (Å²) in [7, 11) is 0. The number of carbonyl (C=O) groups excluding carboxylic acids is 3. The largest absolute Gasteiger partial charge is 0.338 e. The lowest BCUT2D eigenvalue weighted by atomic mass is 9.88. The van der Waals surface area contributed by atoms with Gasteiger partial charge in [0.15, 0.2) is 0 Å². The monoisotopic (exact) mass is 382 g/mol. The third-order valence-corrected chi connectivity index (χ3v) is 5.07. The van der Waals surface area contributed by atoms with Gasteiger partial charge in [0.2, 0.25) is 5.91 Å². The number of hydrogen-bond acceptors (Lipinski definition) is 4. The summed E-state index contributed by atoms with van der Waals surface area (Å²) >= 11 is 0. The van der Waals surface area contributed by atoms with Crippen LogP contribution in [0.1, 0.15) is 40.9 Å². The fraction of sp³-hybridized carbons (Fsp3) is 0.250. The minimum Gasteiger partial charge on any atom is -0.338 e. The summed E-state index contributed by atoms with van der Waals surface area (Å²) in [5, 5.41) is 11.1. The molecule has 2 heterocycles. The highest BCUT2D eigenvalue weighted by molar-refractivity contribution is 6.14. The molecular formula is C20H19FN4O3. The van der Waals surface area contributed by atoms with Gasteiger partial charge in [0.1, 0.15) is 11.4 Å². The normalized spacial score (nSPS) is 19.6. The maximum absolute atomic E-state index is 14.1. The van der Waals surface area contributed by atoms with Gasteiger partial charge in [-0.15, -0.1) is 0 Å². The molecule has 144 valence electrons. The molecule has 0 spiro atoms. The Morgan fingerprint density at radius 3 is 2.64 bits per heavy atom. The molecule has 3 amide bonds. The average molecular weight is 382 g/mol. The summed E-state index contributed by atoms with van der Waals surface area (Å²) in [5.74, 6) is -2.18. The molecule has 7 nitrogen and oxygen atoms in total. The Morgan fingerprint density at radius 1 is 1.14 bits per heavy atom. The molecule has 4 rings (SSSR count). The van der Waals surface area contributed by atoms with Gasteiger partial charge in [-0.25, -0.2) is 4.39 Å². The van der Waals surface area contributed by atoms with E-state index in [9.17, 15) is 18.8 Å². The molecule has 0 aromatic heterocycles. The van der Waals surface area contributed by atoms with Crippen LogP contribution in [0.5, 0.6) is 0 Å². The van der Waals surface area contributed by atoms with Crippen molar-refractivity contribution in [2.24, 2.45) is 0 Å². The zero-order valence-corrected chi connectivity index (χ0v) is 15.4. The highest BCUT2D eigenvalue weighted by Crippen LogP contribution is 2.39. The van der Waals surface area contributed by atoms with Crippen molar-refractivity contribution in [3.63, 3.8) is 0 Å². The van der Waals surface area contributed by atoms with Crippen LogP contribution in [0.25, 0.3) is 0 Å². The number of carbonyl (C=O) groups is 3. The van der Waals surface area contributed by atoms with Crippen LogP contribution in [0.2, 0.25) is 0 Å². The first-order chi connectivity index (χ1) is 13.3. The van der Waals surface area contributed by atoms with Crippen LogP contribution in [0.15, 0.2) is 30.3 Å². The number of rotatable bonds is 3. The molecule has 4 N–H and O–H groups in total. The molecule has 2 aliphatic rings. The topological polar surface area (TPSA) is 99.3 Å². The average Bonchev–Trinajstić information content (AvgIpc) is 3.16. The van der Waals surface area contributed by atoms with E-state index in [2.05, 4.69) is 21.3 Å². The van der Waals surface area contributed by atoms with Gasteiger partial charge in [-0.05, 0) is 42.3 Å². The summed E-state index contributed by atoms with van der Waals surface area (Å²) < 4.78 is 14.1. The Hall–Kier alpha value is -3.26. The third kappa shape index (κ3) is 2.91. The lowest BCUT2D eigenvalue weighted by Gasteiger charge is -2.25. The van der Waals surface area contributed by atoms with Gasteiger partial charge < -0.3 is 21.3 Å². The van der Waals surface area contributed by atoms with Gasteiger partial charge >= 0.3 is 0 Å². The smallest absolute Gasteiger partial charge is 0.256 e. The maximum Gasteiger partial charge on any atom is 0.256 e. The van der Waals surface area contributed by atoms with E-state index < -0.39 is 29.1 Å². The van der Waals surface area contributed by atoms with E-state index in [1.807, 2.05) is 12.1 Å². The molecule has 0 bridgehead atoms. The molecule has 2 aromatic carbocycles. The van der Waals surface area contributed by atoms with Crippen LogP contribution in [0.3, 0.4) is 0 Å². The number of fused-ring (bicyclic) bond motifs is 2. The molecule has 2 aromatic rings. The van der Waals surface area contributed by atoms with E-state index in [0.29, 0.717) is 12.2 Å². The lowest BCUT2D eigenvalue weighted by molar-refractivity contribution is -0.128. The number of amides is 3. The number of nitrogens with one attached hydrogen (secondary N) is 4. The summed E-state index contributed by atoms with van der Waals surface area (Å²) in [4.78, 5) is 37.1. The first-order valence-electron chi connectivity index (χ1n) is 8.86. The van der Waals surface area contributed by atoms with Gasteiger partial charge in [0.05, 0.1) is 11.3 Å². The van der Waals surface area contributed by atoms with Crippen molar-refractivity contribution in [3.8, 4) is 0 Å². The zero-order chi connectivity index (χ0) is 20.1. The van der Waals surface area contributed by atoms with Crippen LogP contribution in [0.4, 0.5) is 15.8 Å². The maximum atomic E-state index is 14.1. The molecule has 0 saturated heterocycles. The Bertz CT molecular complexity index is 1040. The second-order valence-corrected chi connectivity index (χ2v) is 7.18. The fourth-order valence-electron chi connectivity index (χ4n) is 3.83. The van der Waals surface area contributed by atoms with Gasteiger partial charge in [-0.3, -0.25) is 14.4 Å². The number of halogens is 1. The second-order valence-electron chi connectivity index (χ2n) is 7.18. The summed E-state index contributed by atoms with van der Waals surface area (Å²) in [6.45, 7) is 4.26. The van der Waals surface area contributed by atoms with Crippen molar-refractivity contribution < 1.29 is 18.8 Å². The first-order valence-corrected chi connectivity index (χ1v) is 8.86. The second kappa shape index (κ2) is 6.42. The van der Waals surface area contributed by atoms with Crippen LogP contribution in [-0.2, 0) is 28.2 Å². The highest BCUT2D eigenvalue weighted by atomic mass is 19.1. The van der Waals surface area contributed by atoms with Crippen LogP contribution in [-0.4, -0.2) is 17.7 Å². The summed E-state index contributed by atoms with van der Waals surface area (Å²) in [6, 6.07) is 7.78.